The lowest BCUT2D eigenvalue weighted by molar-refractivity contribution is -0.148. The molecule has 2 saturated heterocycles. The molecule has 1 saturated carbocycles. The minimum absolute atomic E-state index is 0.0964. The highest BCUT2D eigenvalue weighted by atomic mass is 16.2. The molecule has 1 aliphatic carbocycles. The van der Waals surface area contributed by atoms with Crippen molar-refractivity contribution < 1.29 is 9.59 Å². The van der Waals surface area contributed by atoms with Crippen molar-refractivity contribution in [3.8, 4) is 0 Å². The summed E-state index contributed by atoms with van der Waals surface area (Å²) in [4.78, 5) is 29.5. The van der Waals surface area contributed by atoms with Crippen LogP contribution in [0.4, 0.5) is 0 Å². The Hall–Kier alpha value is -1.84. The number of hydrogen-bond acceptors (Lipinski definition) is 2. The topological polar surface area (TPSA) is 40.6 Å². The van der Waals surface area contributed by atoms with Crippen molar-refractivity contribution in [2.24, 2.45) is 11.8 Å². The molecule has 3 fully saturated rings. The van der Waals surface area contributed by atoms with Crippen LogP contribution in [0.5, 0.6) is 0 Å². The number of benzene rings is 1. The van der Waals surface area contributed by atoms with Crippen LogP contribution in [0.25, 0.3) is 0 Å². The Bertz CT molecular complexity index is 616. The second-order valence-corrected chi connectivity index (χ2v) is 7.83. The third-order valence-electron chi connectivity index (χ3n) is 6.35. The molecule has 1 atom stereocenters. The monoisotopic (exact) mass is 340 g/mol. The largest absolute Gasteiger partial charge is 0.342 e. The van der Waals surface area contributed by atoms with Gasteiger partial charge in [0.1, 0.15) is 0 Å². The number of nitrogens with zero attached hydrogens (tertiary/aromatic N) is 2. The fourth-order valence-corrected chi connectivity index (χ4v) is 4.69. The zero-order valence-electron chi connectivity index (χ0n) is 14.9. The van der Waals surface area contributed by atoms with Gasteiger partial charge in [0.15, 0.2) is 0 Å². The first-order chi connectivity index (χ1) is 12.2. The zero-order chi connectivity index (χ0) is 17.2. The molecule has 1 aromatic rings. The Morgan fingerprint density at radius 1 is 0.760 bits per heavy atom. The molecule has 4 heteroatoms. The standard InChI is InChI=1S/C21H28N2O2/c24-20(17-8-4-5-9-17)22-13-10-18(11-14-22)21(25)23-15-12-19(23)16-6-2-1-3-7-16/h1-3,6-7,17-19H,4-5,8-15H2/t19-/m0/s1. The smallest absolute Gasteiger partial charge is 0.226 e. The minimum Gasteiger partial charge on any atom is -0.342 e. The summed E-state index contributed by atoms with van der Waals surface area (Å²) in [5.41, 5.74) is 1.25. The summed E-state index contributed by atoms with van der Waals surface area (Å²) in [6, 6.07) is 10.6. The lowest BCUT2D eigenvalue weighted by atomic mass is 9.89. The number of hydrogen-bond donors (Lipinski definition) is 0. The Morgan fingerprint density at radius 2 is 1.40 bits per heavy atom. The summed E-state index contributed by atoms with van der Waals surface area (Å²) in [5.74, 6) is 0.992. The maximum atomic E-state index is 12.9. The predicted molar refractivity (Wildman–Crippen MR) is 96.8 cm³/mol. The molecule has 2 amide bonds. The second kappa shape index (κ2) is 7.19. The molecule has 4 nitrogen and oxygen atoms in total. The number of piperidine rings is 1. The van der Waals surface area contributed by atoms with E-state index in [2.05, 4.69) is 17.0 Å². The molecule has 134 valence electrons. The molecule has 0 aromatic heterocycles. The van der Waals surface area contributed by atoms with Gasteiger partial charge in [0.25, 0.3) is 0 Å². The molecule has 0 bridgehead atoms. The van der Waals surface area contributed by atoms with Gasteiger partial charge >= 0.3 is 0 Å². The molecule has 25 heavy (non-hydrogen) atoms. The summed E-state index contributed by atoms with van der Waals surface area (Å²) < 4.78 is 0. The van der Waals surface area contributed by atoms with Gasteiger partial charge in [-0.1, -0.05) is 43.2 Å². The van der Waals surface area contributed by atoms with Crippen LogP contribution in [0, 0.1) is 11.8 Å². The summed E-state index contributed by atoms with van der Waals surface area (Å²) in [7, 11) is 0. The molecule has 0 radical (unpaired) electrons. The highest BCUT2D eigenvalue weighted by molar-refractivity contribution is 5.82. The molecule has 0 unspecified atom stereocenters. The Labute approximate surface area is 150 Å². The van der Waals surface area contributed by atoms with E-state index in [9.17, 15) is 9.59 Å². The van der Waals surface area contributed by atoms with Gasteiger partial charge in [0.2, 0.25) is 11.8 Å². The van der Waals surface area contributed by atoms with Gasteiger partial charge in [-0.15, -0.1) is 0 Å². The van der Waals surface area contributed by atoms with Crippen LogP contribution in [0.2, 0.25) is 0 Å². The summed E-state index contributed by atoms with van der Waals surface area (Å²) in [6.45, 7) is 2.39. The summed E-state index contributed by atoms with van der Waals surface area (Å²) in [6.07, 6.45) is 7.23. The normalized spacial score (nSPS) is 25.0. The molecule has 0 N–H and O–H groups in total. The van der Waals surface area contributed by atoms with E-state index < -0.39 is 0 Å². The lowest BCUT2D eigenvalue weighted by Crippen LogP contribution is -2.50. The first-order valence-electron chi connectivity index (χ1n) is 9.88. The van der Waals surface area contributed by atoms with E-state index in [-0.39, 0.29) is 17.9 Å². The molecule has 2 aliphatic heterocycles. The van der Waals surface area contributed by atoms with Crippen LogP contribution < -0.4 is 0 Å². The third kappa shape index (κ3) is 3.31. The molecule has 1 aromatic carbocycles. The van der Waals surface area contributed by atoms with Crippen LogP contribution in [0.3, 0.4) is 0 Å². The maximum absolute atomic E-state index is 12.9. The van der Waals surface area contributed by atoms with Crippen LogP contribution in [-0.2, 0) is 9.59 Å². The fraction of sp³-hybridized carbons (Fsp3) is 0.619. The highest BCUT2D eigenvalue weighted by Crippen LogP contribution is 2.36. The Kier molecular flexibility index (Phi) is 4.78. The van der Waals surface area contributed by atoms with Gasteiger partial charge < -0.3 is 9.80 Å². The van der Waals surface area contributed by atoms with Crippen molar-refractivity contribution in [1.82, 2.24) is 9.80 Å². The van der Waals surface area contributed by atoms with E-state index in [1.165, 1.54) is 18.4 Å². The number of rotatable bonds is 3. The number of carbonyl (C=O) groups excluding carboxylic acids is 2. The van der Waals surface area contributed by atoms with E-state index in [0.29, 0.717) is 11.8 Å². The molecule has 4 rings (SSSR count). The average molecular weight is 340 g/mol. The fourth-order valence-electron chi connectivity index (χ4n) is 4.69. The summed E-state index contributed by atoms with van der Waals surface area (Å²) in [5, 5.41) is 0. The van der Waals surface area contributed by atoms with Crippen molar-refractivity contribution >= 4 is 11.8 Å². The van der Waals surface area contributed by atoms with Gasteiger partial charge in [-0.05, 0) is 37.7 Å². The molecule has 0 spiro atoms. The van der Waals surface area contributed by atoms with Crippen molar-refractivity contribution in [1.29, 1.82) is 0 Å². The van der Waals surface area contributed by atoms with Crippen molar-refractivity contribution in [3.63, 3.8) is 0 Å². The Balaban J connectivity index is 1.31. The minimum atomic E-state index is 0.0964. The van der Waals surface area contributed by atoms with Gasteiger partial charge in [-0.2, -0.15) is 0 Å². The van der Waals surface area contributed by atoms with Gasteiger partial charge in [-0.3, -0.25) is 9.59 Å². The summed E-state index contributed by atoms with van der Waals surface area (Å²) >= 11 is 0. The highest BCUT2D eigenvalue weighted by Gasteiger charge is 2.38. The SMILES string of the molecule is O=C(C1CCCC1)N1CCC(C(=O)N2CC[C@H]2c2ccccc2)CC1. The Morgan fingerprint density at radius 3 is 2.00 bits per heavy atom. The van der Waals surface area contributed by atoms with E-state index in [4.69, 9.17) is 0 Å². The molecule has 2 heterocycles. The van der Waals surface area contributed by atoms with E-state index in [0.717, 1.165) is 51.7 Å². The van der Waals surface area contributed by atoms with Gasteiger partial charge in [-0.25, -0.2) is 0 Å². The van der Waals surface area contributed by atoms with Crippen LogP contribution in [0.15, 0.2) is 30.3 Å². The van der Waals surface area contributed by atoms with Crippen molar-refractivity contribution in [3.05, 3.63) is 35.9 Å². The maximum Gasteiger partial charge on any atom is 0.226 e. The quantitative estimate of drug-likeness (QED) is 0.846. The van der Waals surface area contributed by atoms with Crippen molar-refractivity contribution in [2.75, 3.05) is 19.6 Å². The van der Waals surface area contributed by atoms with Crippen LogP contribution in [0.1, 0.15) is 56.6 Å². The van der Waals surface area contributed by atoms with E-state index >= 15 is 0 Å². The number of amides is 2. The van der Waals surface area contributed by atoms with Crippen LogP contribution >= 0.6 is 0 Å². The molecular weight excluding hydrogens is 312 g/mol. The van der Waals surface area contributed by atoms with Gasteiger partial charge in [0, 0.05) is 31.5 Å². The predicted octanol–water partition coefficient (Wildman–Crippen LogP) is 3.39. The average Bonchev–Trinajstić information content (AvgIpc) is 3.16. The number of carbonyl (C=O) groups is 2. The van der Waals surface area contributed by atoms with Gasteiger partial charge in [0.05, 0.1) is 6.04 Å². The molecular formula is C21H28N2O2. The first-order valence-corrected chi connectivity index (χ1v) is 9.88. The van der Waals surface area contributed by atoms with Crippen molar-refractivity contribution in [2.45, 2.75) is 51.0 Å². The molecule has 3 aliphatic rings. The second-order valence-electron chi connectivity index (χ2n) is 7.83. The van der Waals surface area contributed by atoms with E-state index in [1.807, 2.05) is 23.1 Å². The third-order valence-corrected chi connectivity index (χ3v) is 6.35. The lowest BCUT2D eigenvalue weighted by Gasteiger charge is -2.44. The zero-order valence-corrected chi connectivity index (χ0v) is 14.9. The number of likely N-dealkylation sites (tertiary alicyclic amines) is 2. The van der Waals surface area contributed by atoms with Crippen LogP contribution in [-0.4, -0.2) is 41.2 Å². The first kappa shape index (κ1) is 16.6. The van der Waals surface area contributed by atoms with E-state index in [1.54, 1.807) is 0 Å².